The highest BCUT2D eigenvalue weighted by molar-refractivity contribution is 6.22. The van der Waals surface area contributed by atoms with Crippen molar-refractivity contribution in [1.82, 2.24) is 0 Å². The smallest absolute Gasteiger partial charge is 0.0372 e. The number of piperidine rings is 2. The largest absolute Gasteiger partial charge is 0.372 e. The molecule has 56 heavy (non-hydrogen) atoms. The minimum absolute atomic E-state index is 0.0238. The van der Waals surface area contributed by atoms with Crippen LogP contribution in [0, 0.1) is 0 Å². The number of hydrogen-bond acceptors (Lipinski definition) is 2. The quantitative estimate of drug-likeness (QED) is 0.167. The van der Waals surface area contributed by atoms with E-state index in [-0.39, 0.29) is 10.8 Å². The summed E-state index contributed by atoms with van der Waals surface area (Å²) in [6.07, 6.45) is 7.71. The minimum atomic E-state index is -0.0238. The number of nitrogens with zero attached hydrogens (tertiary/aromatic N) is 2. The van der Waals surface area contributed by atoms with Crippen LogP contribution in [0.1, 0.15) is 88.5 Å². The molecule has 7 aromatic rings. The van der Waals surface area contributed by atoms with E-state index >= 15 is 0 Å². The third kappa shape index (κ3) is 5.00. The normalized spacial score (nSPS) is 17.9. The highest BCUT2D eigenvalue weighted by Gasteiger charge is 2.37. The van der Waals surface area contributed by atoms with Gasteiger partial charge in [-0.1, -0.05) is 113 Å². The van der Waals surface area contributed by atoms with Gasteiger partial charge in [0, 0.05) is 48.4 Å². The van der Waals surface area contributed by atoms with Crippen LogP contribution in [0.15, 0.2) is 121 Å². The molecule has 0 atom stereocenters. The number of hydrogen-bond donors (Lipinski definition) is 0. The zero-order valence-electron chi connectivity index (χ0n) is 33.5. The maximum absolute atomic E-state index is 2.63. The molecule has 0 N–H and O–H groups in total. The van der Waals surface area contributed by atoms with Gasteiger partial charge in [0.15, 0.2) is 0 Å². The van der Waals surface area contributed by atoms with Crippen LogP contribution in [-0.2, 0) is 10.8 Å². The molecule has 2 nitrogen and oxygen atoms in total. The fourth-order valence-corrected chi connectivity index (χ4v) is 11.3. The molecule has 0 aromatic heterocycles. The molecular formula is C54H52N2. The molecule has 2 fully saturated rings. The second-order valence-corrected chi connectivity index (χ2v) is 18.2. The highest BCUT2D eigenvalue weighted by atomic mass is 15.1. The van der Waals surface area contributed by atoms with E-state index < -0.39 is 0 Å². The van der Waals surface area contributed by atoms with E-state index in [4.69, 9.17) is 0 Å². The summed E-state index contributed by atoms with van der Waals surface area (Å²) in [6.45, 7) is 14.1. The Morgan fingerprint density at radius 3 is 1.18 bits per heavy atom. The molecule has 0 amide bonds. The fourth-order valence-electron chi connectivity index (χ4n) is 11.3. The standard InChI is InChI=1S/C54H52N2/c1-53(2)47-17-9-7-15-39(47)43-31-35(19-25-49(43)53)51-41-23-21-38(56-29-13-6-14-30-56)34-46(41)52(42-24-22-37(33-45(42)51)55-27-11-5-12-28-55)36-20-26-50-44(32-36)40-16-8-10-18-48(40)54(50,3)4/h7-10,15-26,31-34H,5-6,11-14,27-30H2,1-4H3. The molecule has 2 heteroatoms. The van der Waals surface area contributed by atoms with E-state index in [1.165, 1.54) is 138 Å². The Labute approximate surface area is 332 Å². The summed E-state index contributed by atoms with van der Waals surface area (Å²) in [4.78, 5) is 5.26. The maximum Gasteiger partial charge on any atom is 0.0372 e. The van der Waals surface area contributed by atoms with Crippen molar-refractivity contribution in [3.05, 3.63) is 144 Å². The maximum atomic E-state index is 2.63. The predicted octanol–water partition coefficient (Wildman–Crippen LogP) is 13.9. The van der Waals surface area contributed by atoms with Crippen molar-refractivity contribution < 1.29 is 0 Å². The summed E-state index contributed by atoms with van der Waals surface area (Å²) in [5, 5.41) is 5.40. The molecule has 0 unspecified atom stereocenters. The van der Waals surface area contributed by atoms with Crippen LogP contribution in [0.4, 0.5) is 11.4 Å². The Hall–Kier alpha value is -5.34. The van der Waals surface area contributed by atoms with Gasteiger partial charge in [-0.25, -0.2) is 0 Å². The zero-order valence-corrected chi connectivity index (χ0v) is 33.5. The van der Waals surface area contributed by atoms with Crippen LogP contribution in [0.25, 0.3) is 66.1 Å². The van der Waals surface area contributed by atoms with Gasteiger partial charge >= 0.3 is 0 Å². The van der Waals surface area contributed by atoms with Crippen LogP contribution < -0.4 is 9.80 Å². The van der Waals surface area contributed by atoms with Gasteiger partial charge in [0.1, 0.15) is 0 Å². The lowest BCUT2D eigenvalue weighted by Crippen LogP contribution is -2.29. The first kappa shape index (κ1) is 34.0. The highest BCUT2D eigenvalue weighted by Crippen LogP contribution is 2.54. The molecule has 0 radical (unpaired) electrons. The molecule has 11 rings (SSSR count). The van der Waals surface area contributed by atoms with E-state index in [9.17, 15) is 0 Å². The third-order valence-corrected chi connectivity index (χ3v) is 14.3. The second kappa shape index (κ2) is 12.6. The molecule has 278 valence electrons. The summed E-state index contributed by atoms with van der Waals surface area (Å²) in [5.41, 5.74) is 19.2. The van der Waals surface area contributed by atoms with E-state index in [2.05, 4.69) is 159 Å². The summed E-state index contributed by atoms with van der Waals surface area (Å²) < 4.78 is 0. The topological polar surface area (TPSA) is 6.48 Å². The average Bonchev–Trinajstić information content (AvgIpc) is 3.61. The molecule has 2 aliphatic carbocycles. The first-order valence-corrected chi connectivity index (χ1v) is 21.3. The van der Waals surface area contributed by atoms with Gasteiger partial charge < -0.3 is 9.80 Å². The third-order valence-electron chi connectivity index (χ3n) is 14.3. The van der Waals surface area contributed by atoms with Gasteiger partial charge in [-0.3, -0.25) is 0 Å². The summed E-state index contributed by atoms with van der Waals surface area (Å²) in [5.74, 6) is 0. The van der Waals surface area contributed by atoms with Gasteiger partial charge in [-0.05, 0) is 163 Å². The van der Waals surface area contributed by atoms with Crippen LogP contribution >= 0.6 is 0 Å². The first-order chi connectivity index (χ1) is 27.3. The first-order valence-electron chi connectivity index (χ1n) is 21.3. The van der Waals surface area contributed by atoms with Crippen molar-refractivity contribution in [2.45, 2.75) is 77.0 Å². The summed E-state index contributed by atoms with van der Waals surface area (Å²) in [6, 6.07) is 47.8. The van der Waals surface area contributed by atoms with Crippen molar-refractivity contribution in [1.29, 1.82) is 0 Å². The average molecular weight is 729 g/mol. The lowest BCUT2D eigenvalue weighted by atomic mass is 9.80. The van der Waals surface area contributed by atoms with E-state index in [0.717, 1.165) is 26.2 Å². The lowest BCUT2D eigenvalue weighted by molar-refractivity contribution is 0.578. The van der Waals surface area contributed by atoms with Crippen molar-refractivity contribution in [2.24, 2.45) is 0 Å². The number of rotatable bonds is 4. The van der Waals surface area contributed by atoms with Crippen molar-refractivity contribution >= 4 is 32.9 Å². The van der Waals surface area contributed by atoms with Gasteiger partial charge in [0.25, 0.3) is 0 Å². The Balaban J connectivity index is 1.22. The lowest BCUT2D eigenvalue weighted by Gasteiger charge is -2.30. The summed E-state index contributed by atoms with van der Waals surface area (Å²) >= 11 is 0. The fraction of sp³-hybridized carbons (Fsp3) is 0.296. The van der Waals surface area contributed by atoms with Crippen LogP contribution in [0.5, 0.6) is 0 Å². The molecule has 2 aliphatic heterocycles. The van der Waals surface area contributed by atoms with Gasteiger partial charge in [-0.2, -0.15) is 0 Å². The van der Waals surface area contributed by atoms with E-state index in [0.29, 0.717) is 0 Å². The number of anilines is 2. The van der Waals surface area contributed by atoms with Gasteiger partial charge in [0.2, 0.25) is 0 Å². The Morgan fingerprint density at radius 1 is 0.357 bits per heavy atom. The molecule has 0 saturated carbocycles. The molecular weight excluding hydrogens is 677 g/mol. The predicted molar refractivity (Wildman–Crippen MR) is 240 cm³/mol. The van der Waals surface area contributed by atoms with Crippen molar-refractivity contribution in [3.63, 3.8) is 0 Å². The van der Waals surface area contributed by atoms with E-state index in [1.807, 2.05) is 0 Å². The molecule has 2 saturated heterocycles. The Kier molecular flexibility index (Phi) is 7.63. The van der Waals surface area contributed by atoms with Crippen molar-refractivity contribution in [3.8, 4) is 44.5 Å². The summed E-state index contributed by atoms with van der Waals surface area (Å²) in [7, 11) is 0. The van der Waals surface area contributed by atoms with Gasteiger partial charge in [-0.15, -0.1) is 0 Å². The van der Waals surface area contributed by atoms with Gasteiger partial charge in [0.05, 0.1) is 0 Å². The molecule has 2 heterocycles. The Bertz CT molecular complexity index is 2530. The number of fused-ring (bicyclic) bond motifs is 8. The van der Waals surface area contributed by atoms with E-state index in [1.54, 1.807) is 0 Å². The van der Waals surface area contributed by atoms with Crippen LogP contribution in [-0.4, -0.2) is 26.2 Å². The monoisotopic (exact) mass is 728 g/mol. The molecule has 0 bridgehead atoms. The SMILES string of the molecule is CC1(C)c2ccccc2-c2cc(-c3c4ccc(N5CCCCC5)cc4c(-c4ccc5c(c4)-c4ccccc4C5(C)C)c4ccc(N5CCCCC5)cc34)ccc21. The van der Waals surface area contributed by atoms with Crippen molar-refractivity contribution in [2.75, 3.05) is 36.0 Å². The zero-order chi connectivity index (χ0) is 37.8. The molecule has 7 aromatic carbocycles. The second-order valence-electron chi connectivity index (χ2n) is 18.2. The van der Waals surface area contributed by atoms with Crippen LogP contribution in [0.3, 0.4) is 0 Å². The van der Waals surface area contributed by atoms with Crippen LogP contribution in [0.2, 0.25) is 0 Å². The minimum Gasteiger partial charge on any atom is -0.372 e. The number of benzene rings is 7. The molecule has 4 aliphatic rings. The molecule has 0 spiro atoms. The Morgan fingerprint density at radius 2 is 0.750 bits per heavy atom.